The molecule has 2 aromatic rings. The summed E-state index contributed by atoms with van der Waals surface area (Å²) in [5.41, 5.74) is 9.61. The highest BCUT2D eigenvalue weighted by Crippen LogP contribution is 2.28. The van der Waals surface area contributed by atoms with Crippen molar-refractivity contribution < 1.29 is 4.74 Å². The lowest BCUT2D eigenvalue weighted by molar-refractivity contribution is 0.397. The van der Waals surface area contributed by atoms with Gasteiger partial charge in [-0.2, -0.15) is 0 Å². The van der Waals surface area contributed by atoms with Crippen LogP contribution in [0.1, 0.15) is 11.1 Å². The summed E-state index contributed by atoms with van der Waals surface area (Å²) < 4.78 is 5.21. The number of aromatic nitrogens is 2. The largest absolute Gasteiger partial charge is 0.479 e. The third-order valence-corrected chi connectivity index (χ3v) is 2.64. The van der Waals surface area contributed by atoms with Gasteiger partial charge in [-0.05, 0) is 18.1 Å². The van der Waals surface area contributed by atoms with Crippen molar-refractivity contribution in [1.82, 2.24) is 9.97 Å². The minimum Gasteiger partial charge on any atom is -0.479 e. The molecule has 1 heterocycles. The zero-order valence-electron chi connectivity index (χ0n) is 9.97. The standard InChI is InChI=1S/C13H15N3O/c1-9-7-10(8-14)3-4-11(9)12-13(17-2)16-6-5-15-12/h3-7H,8,14H2,1-2H3. The van der Waals surface area contributed by atoms with Crippen molar-refractivity contribution in [3.8, 4) is 17.1 Å². The van der Waals surface area contributed by atoms with Gasteiger partial charge in [-0.25, -0.2) is 9.97 Å². The van der Waals surface area contributed by atoms with Crippen molar-refractivity contribution in [3.05, 3.63) is 41.7 Å². The lowest BCUT2D eigenvalue weighted by atomic mass is 10.0. The highest BCUT2D eigenvalue weighted by atomic mass is 16.5. The van der Waals surface area contributed by atoms with Crippen molar-refractivity contribution in [1.29, 1.82) is 0 Å². The fourth-order valence-electron chi connectivity index (χ4n) is 1.78. The van der Waals surface area contributed by atoms with Crippen LogP contribution in [0.5, 0.6) is 5.88 Å². The molecule has 0 saturated heterocycles. The molecule has 0 aliphatic rings. The van der Waals surface area contributed by atoms with E-state index in [-0.39, 0.29) is 0 Å². The van der Waals surface area contributed by atoms with Crippen molar-refractivity contribution in [2.24, 2.45) is 5.73 Å². The second-order valence-corrected chi connectivity index (χ2v) is 3.77. The van der Waals surface area contributed by atoms with Crippen molar-refractivity contribution in [2.75, 3.05) is 7.11 Å². The smallest absolute Gasteiger partial charge is 0.240 e. The Bertz CT molecular complexity index is 526. The summed E-state index contributed by atoms with van der Waals surface area (Å²) >= 11 is 0. The summed E-state index contributed by atoms with van der Waals surface area (Å²) in [6.45, 7) is 2.57. The molecule has 0 fully saturated rings. The highest BCUT2D eigenvalue weighted by molar-refractivity contribution is 5.68. The third-order valence-electron chi connectivity index (χ3n) is 2.64. The number of nitrogens with two attached hydrogens (primary N) is 1. The van der Waals surface area contributed by atoms with E-state index in [1.54, 1.807) is 19.5 Å². The molecule has 0 aliphatic carbocycles. The van der Waals surface area contributed by atoms with Crippen LogP contribution < -0.4 is 10.5 Å². The fourth-order valence-corrected chi connectivity index (χ4v) is 1.78. The van der Waals surface area contributed by atoms with Gasteiger partial charge in [0.05, 0.1) is 7.11 Å². The number of aryl methyl sites for hydroxylation is 1. The maximum absolute atomic E-state index is 5.61. The first-order valence-corrected chi connectivity index (χ1v) is 5.41. The van der Waals surface area contributed by atoms with Crippen LogP contribution in [0.4, 0.5) is 0 Å². The minimum atomic E-state index is 0.538. The maximum Gasteiger partial charge on any atom is 0.240 e. The average molecular weight is 229 g/mol. The number of nitrogens with zero attached hydrogens (tertiary/aromatic N) is 2. The Morgan fingerprint density at radius 3 is 2.65 bits per heavy atom. The molecule has 17 heavy (non-hydrogen) atoms. The van der Waals surface area contributed by atoms with Gasteiger partial charge in [-0.3, -0.25) is 0 Å². The molecule has 0 spiro atoms. The predicted octanol–water partition coefficient (Wildman–Crippen LogP) is 1.92. The normalized spacial score (nSPS) is 10.3. The maximum atomic E-state index is 5.61. The Morgan fingerprint density at radius 1 is 1.24 bits per heavy atom. The number of benzene rings is 1. The summed E-state index contributed by atoms with van der Waals surface area (Å²) in [6, 6.07) is 6.06. The van der Waals surface area contributed by atoms with Gasteiger partial charge in [0.25, 0.3) is 0 Å². The van der Waals surface area contributed by atoms with Gasteiger partial charge in [-0.1, -0.05) is 18.2 Å². The van der Waals surface area contributed by atoms with Crippen LogP contribution in [0, 0.1) is 6.92 Å². The molecule has 1 aromatic carbocycles. The van der Waals surface area contributed by atoms with Gasteiger partial charge in [0.2, 0.25) is 5.88 Å². The molecular formula is C13H15N3O. The van der Waals surface area contributed by atoms with Crippen LogP contribution in [0.25, 0.3) is 11.3 Å². The molecule has 0 saturated carbocycles. The minimum absolute atomic E-state index is 0.538. The first-order valence-electron chi connectivity index (χ1n) is 5.41. The fraction of sp³-hybridized carbons (Fsp3) is 0.231. The SMILES string of the molecule is COc1nccnc1-c1ccc(CN)cc1C. The Hall–Kier alpha value is -1.94. The number of hydrogen-bond donors (Lipinski definition) is 1. The van der Waals surface area contributed by atoms with Crippen molar-refractivity contribution >= 4 is 0 Å². The van der Waals surface area contributed by atoms with Crippen molar-refractivity contribution in [3.63, 3.8) is 0 Å². The van der Waals surface area contributed by atoms with Crippen LogP contribution in [0.15, 0.2) is 30.6 Å². The van der Waals surface area contributed by atoms with E-state index in [4.69, 9.17) is 10.5 Å². The third kappa shape index (κ3) is 2.26. The first-order chi connectivity index (χ1) is 8.26. The number of methoxy groups -OCH3 is 1. The Balaban J connectivity index is 2.53. The molecule has 0 bridgehead atoms. The molecule has 0 atom stereocenters. The van der Waals surface area contributed by atoms with Crippen LogP contribution >= 0.6 is 0 Å². The van der Waals surface area contributed by atoms with Crippen LogP contribution in [-0.2, 0) is 6.54 Å². The Labute approximate surface area is 100 Å². The quantitative estimate of drug-likeness (QED) is 0.873. The zero-order chi connectivity index (χ0) is 12.3. The first kappa shape index (κ1) is 11.5. The van der Waals surface area contributed by atoms with E-state index >= 15 is 0 Å². The molecule has 4 heteroatoms. The molecule has 2 N–H and O–H groups in total. The zero-order valence-corrected chi connectivity index (χ0v) is 9.97. The van der Waals surface area contributed by atoms with E-state index in [9.17, 15) is 0 Å². The molecule has 88 valence electrons. The van der Waals surface area contributed by atoms with Crippen LogP contribution in [-0.4, -0.2) is 17.1 Å². The Kier molecular flexibility index (Phi) is 3.35. The second-order valence-electron chi connectivity index (χ2n) is 3.77. The van der Waals surface area contributed by atoms with E-state index in [1.165, 1.54) is 0 Å². The lowest BCUT2D eigenvalue weighted by Crippen LogP contribution is -1.99. The van der Waals surface area contributed by atoms with E-state index in [1.807, 2.05) is 19.1 Å². The average Bonchev–Trinajstić information content (AvgIpc) is 2.38. The molecule has 0 aliphatic heterocycles. The predicted molar refractivity (Wildman–Crippen MR) is 66.6 cm³/mol. The molecule has 2 rings (SSSR count). The van der Waals surface area contributed by atoms with E-state index in [2.05, 4.69) is 16.0 Å². The lowest BCUT2D eigenvalue weighted by Gasteiger charge is -2.09. The van der Waals surface area contributed by atoms with E-state index in [0.29, 0.717) is 12.4 Å². The van der Waals surface area contributed by atoms with Gasteiger partial charge in [0.1, 0.15) is 5.69 Å². The number of hydrogen-bond acceptors (Lipinski definition) is 4. The summed E-state index contributed by atoms with van der Waals surface area (Å²) in [5, 5.41) is 0. The summed E-state index contributed by atoms with van der Waals surface area (Å²) in [5.74, 6) is 0.538. The molecule has 1 aromatic heterocycles. The topological polar surface area (TPSA) is 61.0 Å². The van der Waals surface area contributed by atoms with Gasteiger partial charge >= 0.3 is 0 Å². The van der Waals surface area contributed by atoms with Crippen molar-refractivity contribution in [2.45, 2.75) is 13.5 Å². The molecule has 4 nitrogen and oxygen atoms in total. The highest BCUT2D eigenvalue weighted by Gasteiger charge is 2.10. The monoisotopic (exact) mass is 229 g/mol. The molecular weight excluding hydrogens is 214 g/mol. The van der Waals surface area contributed by atoms with Gasteiger partial charge < -0.3 is 10.5 Å². The van der Waals surface area contributed by atoms with Gasteiger partial charge in [0.15, 0.2) is 0 Å². The van der Waals surface area contributed by atoms with Crippen LogP contribution in [0.2, 0.25) is 0 Å². The van der Waals surface area contributed by atoms with Gasteiger partial charge in [0, 0.05) is 24.5 Å². The second kappa shape index (κ2) is 4.93. The summed E-state index contributed by atoms with van der Waals surface area (Å²) in [7, 11) is 1.59. The molecule has 0 amide bonds. The number of rotatable bonds is 3. The molecule has 0 radical (unpaired) electrons. The molecule has 0 unspecified atom stereocenters. The van der Waals surface area contributed by atoms with Crippen LogP contribution in [0.3, 0.4) is 0 Å². The van der Waals surface area contributed by atoms with E-state index < -0.39 is 0 Å². The summed E-state index contributed by atoms with van der Waals surface area (Å²) in [4.78, 5) is 8.47. The van der Waals surface area contributed by atoms with Gasteiger partial charge in [-0.15, -0.1) is 0 Å². The Morgan fingerprint density at radius 2 is 2.00 bits per heavy atom. The van der Waals surface area contributed by atoms with E-state index in [0.717, 1.165) is 22.4 Å². The number of ether oxygens (including phenoxy) is 1. The summed E-state index contributed by atoms with van der Waals surface area (Å²) in [6.07, 6.45) is 3.28.